The van der Waals surface area contributed by atoms with E-state index in [1.807, 2.05) is 12.1 Å². The Kier molecular flexibility index (Phi) is 3.83. The van der Waals surface area contributed by atoms with Gasteiger partial charge in [0, 0.05) is 10.9 Å². The second kappa shape index (κ2) is 4.95. The average Bonchev–Trinajstić information content (AvgIpc) is 2.05. The summed E-state index contributed by atoms with van der Waals surface area (Å²) >= 11 is 3.41. The molecule has 2 heteroatoms. The van der Waals surface area contributed by atoms with Crippen LogP contribution in [0.15, 0.2) is 28.7 Å². The minimum absolute atomic E-state index is 0.631. The number of benzene rings is 1. The Morgan fingerprint density at radius 2 is 2.25 bits per heavy atom. The van der Waals surface area contributed by atoms with Crippen LogP contribution in [0.1, 0.15) is 12.0 Å². The second-order valence-corrected chi connectivity index (χ2v) is 3.53. The van der Waals surface area contributed by atoms with E-state index in [4.69, 9.17) is 6.57 Å². The standard InChI is InChI=1S/C10H10BrN/c1-12-7-3-5-9-4-2-6-10(11)8-9/h2,4,6,8H,3,5,7H2. The van der Waals surface area contributed by atoms with Crippen LogP contribution in [-0.4, -0.2) is 6.54 Å². The van der Waals surface area contributed by atoms with E-state index >= 15 is 0 Å². The first-order valence-electron chi connectivity index (χ1n) is 3.90. The van der Waals surface area contributed by atoms with E-state index in [2.05, 4.69) is 32.9 Å². The molecule has 0 heterocycles. The number of aryl methyl sites for hydroxylation is 1. The van der Waals surface area contributed by atoms with Crippen molar-refractivity contribution in [2.24, 2.45) is 0 Å². The Balaban J connectivity index is 2.48. The average molecular weight is 224 g/mol. The molecule has 0 spiro atoms. The molecule has 0 N–H and O–H groups in total. The maximum atomic E-state index is 6.63. The van der Waals surface area contributed by atoms with Gasteiger partial charge in [-0.3, -0.25) is 0 Å². The van der Waals surface area contributed by atoms with E-state index in [1.165, 1.54) is 5.56 Å². The second-order valence-electron chi connectivity index (χ2n) is 2.62. The molecule has 1 rings (SSSR count). The molecule has 62 valence electrons. The minimum Gasteiger partial charge on any atom is -0.317 e. The van der Waals surface area contributed by atoms with Crippen molar-refractivity contribution < 1.29 is 0 Å². The lowest BCUT2D eigenvalue weighted by Crippen LogP contribution is -1.86. The van der Waals surface area contributed by atoms with Gasteiger partial charge in [-0.1, -0.05) is 28.1 Å². The quantitative estimate of drug-likeness (QED) is 0.548. The zero-order valence-corrected chi connectivity index (χ0v) is 8.34. The fraction of sp³-hybridized carbons (Fsp3) is 0.300. The molecule has 0 fully saturated rings. The normalized spacial score (nSPS) is 9.33. The van der Waals surface area contributed by atoms with Gasteiger partial charge in [0.15, 0.2) is 0 Å². The van der Waals surface area contributed by atoms with Crippen LogP contribution in [0.4, 0.5) is 0 Å². The van der Waals surface area contributed by atoms with Gasteiger partial charge in [0.1, 0.15) is 0 Å². The van der Waals surface area contributed by atoms with E-state index < -0.39 is 0 Å². The first-order valence-corrected chi connectivity index (χ1v) is 4.70. The number of hydrogen-bond acceptors (Lipinski definition) is 0. The van der Waals surface area contributed by atoms with Gasteiger partial charge in [0.05, 0.1) is 0 Å². The fourth-order valence-electron chi connectivity index (χ4n) is 1.05. The number of halogens is 1. The molecule has 0 saturated carbocycles. The summed E-state index contributed by atoms with van der Waals surface area (Å²) in [6.07, 6.45) is 1.96. The summed E-state index contributed by atoms with van der Waals surface area (Å²) in [5, 5.41) is 0. The molecule has 0 aliphatic heterocycles. The molecule has 0 unspecified atom stereocenters. The van der Waals surface area contributed by atoms with Crippen LogP contribution < -0.4 is 0 Å². The highest BCUT2D eigenvalue weighted by Crippen LogP contribution is 2.12. The van der Waals surface area contributed by atoms with Gasteiger partial charge in [0.2, 0.25) is 6.54 Å². The van der Waals surface area contributed by atoms with Crippen LogP contribution in [0.25, 0.3) is 4.85 Å². The first-order chi connectivity index (χ1) is 5.83. The summed E-state index contributed by atoms with van der Waals surface area (Å²) in [5.41, 5.74) is 1.30. The predicted octanol–water partition coefficient (Wildman–Crippen LogP) is 3.30. The minimum atomic E-state index is 0.631. The van der Waals surface area contributed by atoms with Crippen molar-refractivity contribution in [1.82, 2.24) is 0 Å². The third kappa shape index (κ3) is 3.06. The molecular weight excluding hydrogens is 214 g/mol. The molecule has 0 aliphatic rings. The topological polar surface area (TPSA) is 4.36 Å². The van der Waals surface area contributed by atoms with Crippen LogP contribution in [0, 0.1) is 6.57 Å². The van der Waals surface area contributed by atoms with E-state index in [0.717, 1.165) is 17.3 Å². The molecule has 0 saturated heterocycles. The Hall–Kier alpha value is -0.810. The molecule has 0 atom stereocenters. The van der Waals surface area contributed by atoms with Gasteiger partial charge in [-0.15, -0.1) is 0 Å². The van der Waals surface area contributed by atoms with Crippen LogP contribution in [0.5, 0.6) is 0 Å². The molecule has 0 aromatic heterocycles. The zero-order valence-electron chi connectivity index (χ0n) is 6.76. The lowest BCUT2D eigenvalue weighted by atomic mass is 10.1. The third-order valence-electron chi connectivity index (χ3n) is 1.62. The number of nitrogens with zero attached hydrogens (tertiary/aromatic N) is 1. The highest BCUT2D eigenvalue weighted by atomic mass is 79.9. The van der Waals surface area contributed by atoms with Crippen LogP contribution in [-0.2, 0) is 6.42 Å². The smallest absolute Gasteiger partial charge is 0.215 e. The van der Waals surface area contributed by atoms with Gasteiger partial charge < -0.3 is 4.85 Å². The number of hydrogen-bond donors (Lipinski definition) is 0. The van der Waals surface area contributed by atoms with Crippen molar-refractivity contribution >= 4 is 15.9 Å². The molecule has 0 bridgehead atoms. The lowest BCUT2D eigenvalue weighted by molar-refractivity contribution is 0.891. The number of rotatable bonds is 3. The van der Waals surface area contributed by atoms with E-state index in [9.17, 15) is 0 Å². The van der Waals surface area contributed by atoms with Gasteiger partial charge in [0.25, 0.3) is 0 Å². The molecule has 0 aliphatic carbocycles. The summed E-state index contributed by atoms with van der Waals surface area (Å²) in [6.45, 7) is 7.26. The predicted molar refractivity (Wildman–Crippen MR) is 53.9 cm³/mol. The molecule has 1 aromatic carbocycles. The van der Waals surface area contributed by atoms with Crippen molar-refractivity contribution in [3.8, 4) is 0 Å². The van der Waals surface area contributed by atoms with Gasteiger partial charge in [-0.05, 0) is 24.1 Å². The van der Waals surface area contributed by atoms with Crippen molar-refractivity contribution in [2.45, 2.75) is 12.8 Å². The summed E-state index contributed by atoms with van der Waals surface area (Å²) in [7, 11) is 0. The van der Waals surface area contributed by atoms with Crippen LogP contribution >= 0.6 is 15.9 Å². The maximum Gasteiger partial charge on any atom is 0.215 e. The van der Waals surface area contributed by atoms with Gasteiger partial charge >= 0.3 is 0 Å². The van der Waals surface area contributed by atoms with Gasteiger partial charge in [-0.25, -0.2) is 6.57 Å². The highest BCUT2D eigenvalue weighted by Gasteiger charge is 1.94. The Bertz CT molecular complexity index is 288. The summed E-state index contributed by atoms with van der Waals surface area (Å²) in [6, 6.07) is 8.23. The van der Waals surface area contributed by atoms with E-state index in [0.29, 0.717) is 6.54 Å². The first kappa shape index (κ1) is 9.28. The van der Waals surface area contributed by atoms with Crippen molar-refractivity contribution in [2.75, 3.05) is 6.54 Å². The Morgan fingerprint density at radius 3 is 2.92 bits per heavy atom. The van der Waals surface area contributed by atoms with Crippen LogP contribution in [0.3, 0.4) is 0 Å². The molecule has 0 amide bonds. The van der Waals surface area contributed by atoms with Crippen LogP contribution in [0.2, 0.25) is 0 Å². The zero-order chi connectivity index (χ0) is 8.81. The third-order valence-corrected chi connectivity index (χ3v) is 2.12. The van der Waals surface area contributed by atoms with Crippen molar-refractivity contribution in [3.63, 3.8) is 0 Å². The van der Waals surface area contributed by atoms with E-state index in [1.54, 1.807) is 0 Å². The van der Waals surface area contributed by atoms with Gasteiger partial charge in [-0.2, -0.15) is 0 Å². The SMILES string of the molecule is [C-]#[N+]CCCc1cccc(Br)c1. The van der Waals surface area contributed by atoms with E-state index in [-0.39, 0.29) is 0 Å². The lowest BCUT2D eigenvalue weighted by Gasteiger charge is -1.97. The largest absolute Gasteiger partial charge is 0.317 e. The summed E-state index contributed by atoms with van der Waals surface area (Å²) < 4.78 is 1.11. The highest BCUT2D eigenvalue weighted by molar-refractivity contribution is 9.10. The summed E-state index contributed by atoms with van der Waals surface area (Å²) in [4.78, 5) is 3.31. The molecule has 12 heavy (non-hydrogen) atoms. The Morgan fingerprint density at radius 1 is 1.42 bits per heavy atom. The summed E-state index contributed by atoms with van der Waals surface area (Å²) in [5.74, 6) is 0. The van der Waals surface area contributed by atoms with Crippen molar-refractivity contribution in [1.29, 1.82) is 0 Å². The fourth-order valence-corrected chi connectivity index (χ4v) is 1.50. The Labute approximate surface area is 81.4 Å². The van der Waals surface area contributed by atoms with Crippen molar-refractivity contribution in [3.05, 3.63) is 45.7 Å². The molecule has 1 aromatic rings. The molecular formula is C10H10BrN. The molecule has 1 nitrogen and oxygen atoms in total. The molecule has 0 radical (unpaired) electrons. The monoisotopic (exact) mass is 223 g/mol. The maximum absolute atomic E-state index is 6.63.